The minimum atomic E-state index is -4.57. The summed E-state index contributed by atoms with van der Waals surface area (Å²) in [6.45, 7) is 0. The number of alkyl halides is 3. The van der Waals surface area contributed by atoms with Crippen molar-refractivity contribution < 1.29 is 18.0 Å². The lowest BCUT2D eigenvalue weighted by Crippen LogP contribution is -2.23. The highest BCUT2D eigenvalue weighted by Gasteiger charge is 2.40. The Hall–Kier alpha value is -3.35. The minimum absolute atomic E-state index is 0.194. The number of aromatic amines is 1. The average molecular weight is 355 g/mol. The van der Waals surface area contributed by atoms with Gasteiger partial charge in [0, 0.05) is 18.0 Å². The normalized spacial score (nSPS) is 15.6. The van der Waals surface area contributed by atoms with E-state index in [-0.39, 0.29) is 11.3 Å². The number of halogens is 3. The number of anilines is 2. The molecule has 1 N–H and O–H groups in total. The van der Waals surface area contributed by atoms with E-state index in [0.29, 0.717) is 17.1 Å². The van der Waals surface area contributed by atoms with E-state index in [1.807, 2.05) is 0 Å². The second-order valence-corrected chi connectivity index (χ2v) is 5.71. The number of nitrogens with one attached hydrogen (secondary N) is 1. The largest absolute Gasteiger partial charge is 0.418 e. The van der Waals surface area contributed by atoms with Gasteiger partial charge in [0.15, 0.2) is 0 Å². The topological polar surface area (TPSA) is 49.0 Å². The summed E-state index contributed by atoms with van der Waals surface area (Å²) in [6.07, 6.45) is 0.111. The fourth-order valence-electron chi connectivity index (χ4n) is 3.02. The molecule has 2 heterocycles. The Bertz CT molecular complexity index is 1010. The number of carbonyl (C=O) groups is 1. The van der Waals surface area contributed by atoms with Gasteiger partial charge in [0.1, 0.15) is 5.82 Å². The predicted octanol–water partition coefficient (Wildman–Crippen LogP) is 4.65. The summed E-state index contributed by atoms with van der Waals surface area (Å²) < 4.78 is 40.3. The van der Waals surface area contributed by atoms with Gasteiger partial charge in [-0.1, -0.05) is 30.3 Å². The number of hydrogen-bond donors (Lipinski definition) is 1. The van der Waals surface area contributed by atoms with Gasteiger partial charge in [-0.05, 0) is 24.3 Å². The number of H-pyrrole nitrogens is 1. The van der Waals surface area contributed by atoms with Gasteiger partial charge in [-0.2, -0.15) is 13.2 Å². The van der Waals surface area contributed by atoms with Crippen LogP contribution in [0.4, 0.5) is 24.5 Å². The summed E-state index contributed by atoms with van der Waals surface area (Å²) in [7, 11) is 0. The molecular weight excluding hydrogens is 343 g/mol. The van der Waals surface area contributed by atoms with Crippen molar-refractivity contribution in [3.63, 3.8) is 0 Å². The maximum atomic E-state index is 13.4. The third-order valence-corrected chi connectivity index (χ3v) is 4.12. The molecule has 0 radical (unpaired) electrons. The lowest BCUT2D eigenvalue weighted by molar-refractivity contribution is -0.137. The van der Waals surface area contributed by atoms with Crippen LogP contribution in [0.2, 0.25) is 0 Å². The molecule has 0 unspecified atom stereocenters. The van der Waals surface area contributed by atoms with Crippen LogP contribution in [-0.2, 0) is 11.0 Å². The fraction of sp³-hybridized carbons (Fsp3) is 0.0526. The first-order chi connectivity index (χ1) is 12.5. The molecule has 0 aliphatic carbocycles. The van der Waals surface area contributed by atoms with Gasteiger partial charge in [0.05, 0.1) is 22.5 Å². The van der Waals surface area contributed by atoms with Gasteiger partial charge in [-0.15, -0.1) is 0 Å². The van der Waals surface area contributed by atoms with E-state index in [1.165, 1.54) is 30.5 Å². The number of para-hydroxylation sites is 2. The van der Waals surface area contributed by atoms with Crippen molar-refractivity contribution in [1.82, 2.24) is 9.97 Å². The van der Waals surface area contributed by atoms with Crippen LogP contribution >= 0.6 is 0 Å². The molecule has 1 amide bonds. The third-order valence-electron chi connectivity index (χ3n) is 4.12. The van der Waals surface area contributed by atoms with Crippen LogP contribution in [0.15, 0.2) is 60.9 Å². The molecule has 0 spiro atoms. The molecule has 0 bridgehead atoms. The molecule has 4 rings (SSSR count). The van der Waals surface area contributed by atoms with Crippen LogP contribution in [0.5, 0.6) is 0 Å². The van der Waals surface area contributed by atoms with Crippen molar-refractivity contribution in [2.45, 2.75) is 6.18 Å². The summed E-state index contributed by atoms with van der Waals surface area (Å²) in [4.78, 5) is 21.0. The van der Waals surface area contributed by atoms with Crippen molar-refractivity contribution in [1.29, 1.82) is 0 Å². The number of fused-ring (bicyclic) bond motifs is 1. The lowest BCUT2D eigenvalue weighted by Gasteiger charge is -2.21. The molecule has 3 aromatic rings. The molecule has 2 aromatic carbocycles. The van der Waals surface area contributed by atoms with Crippen molar-refractivity contribution in [2.24, 2.45) is 0 Å². The van der Waals surface area contributed by atoms with Crippen LogP contribution in [0.25, 0.3) is 11.6 Å². The Kier molecular flexibility index (Phi) is 3.64. The molecule has 1 aromatic heterocycles. The van der Waals surface area contributed by atoms with E-state index in [1.54, 1.807) is 30.5 Å². The highest BCUT2D eigenvalue weighted by Crippen LogP contribution is 2.46. The molecule has 7 heteroatoms. The fourth-order valence-corrected chi connectivity index (χ4v) is 3.02. The zero-order valence-corrected chi connectivity index (χ0v) is 13.3. The molecule has 0 saturated heterocycles. The zero-order chi connectivity index (χ0) is 18.3. The summed E-state index contributed by atoms with van der Waals surface area (Å²) in [5.41, 5.74) is 0.202. The molecular formula is C19H12F3N3O. The first-order valence-electron chi connectivity index (χ1n) is 7.78. The Morgan fingerprint density at radius 2 is 1.69 bits per heavy atom. The van der Waals surface area contributed by atoms with Crippen LogP contribution in [-0.4, -0.2) is 15.9 Å². The van der Waals surface area contributed by atoms with Crippen LogP contribution in [0.1, 0.15) is 17.0 Å². The molecule has 4 nitrogen and oxygen atoms in total. The van der Waals surface area contributed by atoms with Gasteiger partial charge >= 0.3 is 6.18 Å². The van der Waals surface area contributed by atoms with Crippen LogP contribution in [0, 0.1) is 0 Å². The molecule has 0 fully saturated rings. The predicted molar refractivity (Wildman–Crippen MR) is 91.5 cm³/mol. The lowest BCUT2D eigenvalue weighted by atomic mass is 10.1. The molecule has 0 atom stereocenters. The first-order valence-corrected chi connectivity index (χ1v) is 7.78. The molecule has 1 aliphatic heterocycles. The van der Waals surface area contributed by atoms with Crippen molar-refractivity contribution in [3.05, 3.63) is 77.9 Å². The maximum absolute atomic E-state index is 13.4. The monoisotopic (exact) mass is 355 g/mol. The second kappa shape index (κ2) is 5.87. The summed E-state index contributed by atoms with van der Waals surface area (Å²) in [5, 5.41) is 0. The van der Waals surface area contributed by atoms with Gasteiger partial charge in [-0.25, -0.2) is 4.98 Å². The Morgan fingerprint density at radius 1 is 1.00 bits per heavy atom. The van der Waals surface area contributed by atoms with Crippen molar-refractivity contribution in [3.8, 4) is 0 Å². The van der Waals surface area contributed by atoms with Gasteiger partial charge in [0.2, 0.25) is 0 Å². The van der Waals surface area contributed by atoms with E-state index in [4.69, 9.17) is 0 Å². The summed E-state index contributed by atoms with van der Waals surface area (Å²) in [5.74, 6) is -0.0755. The Balaban J connectivity index is 1.91. The highest BCUT2D eigenvalue weighted by molar-refractivity contribution is 6.38. The smallest absolute Gasteiger partial charge is 0.345 e. The van der Waals surface area contributed by atoms with E-state index in [9.17, 15) is 18.0 Å². The molecule has 26 heavy (non-hydrogen) atoms. The van der Waals surface area contributed by atoms with Crippen molar-refractivity contribution >= 4 is 28.9 Å². The number of hydrogen-bond acceptors (Lipinski definition) is 2. The number of aromatic nitrogens is 2. The number of nitrogens with zero attached hydrogens (tertiary/aromatic N) is 2. The second-order valence-electron chi connectivity index (χ2n) is 5.71. The van der Waals surface area contributed by atoms with Crippen LogP contribution < -0.4 is 4.90 Å². The highest BCUT2D eigenvalue weighted by atomic mass is 19.4. The number of amides is 1. The quantitative estimate of drug-likeness (QED) is 0.681. The Morgan fingerprint density at radius 3 is 2.38 bits per heavy atom. The maximum Gasteiger partial charge on any atom is 0.418 e. The van der Waals surface area contributed by atoms with Crippen LogP contribution in [0.3, 0.4) is 0 Å². The average Bonchev–Trinajstić information content (AvgIpc) is 3.22. The molecule has 0 saturated carbocycles. The summed E-state index contributed by atoms with van der Waals surface area (Å²) in [6, 6.07) is 11.8. The first kappa shape index (κ1) is 16.1. The third kappa shape index (κ3) is 2.57. The SMILES string of the molecule is O=C1C(=Cc2ncc[nH]2)c2ccccc2N1c1ccccc1C(F)(F)F. The Labute approximate surface area is 146 Å². The number of rotatable bonds is 2. The van der Waals surface area contributed by atoms with E-state index in [0.717, 1.165) is 11.0 Å². The summed E-state index contributed by atoms with van der Waals surface area (Å²) >= 11 is 0. The van der Waals surface area contributed by atoms with Crippen molar-refractivity contribution in [2.75, 3.05) is 4.90 Å². The van der Waals surface area contributed by atoms with Gasteiger partial charge in [-0.3, -0.25) is 9.69 Å². The van der Waals surface area contributed by atoms with E-state index < -0.39 is 17.6 Å². The van der Waals surface area contributed by atoms with E-state index in [2.05, 4.69) is 9.97 Å². The molecule has 1 aliphatic rings. The minimum Gasteiger partial charge on any atom is -0.345 e. The van der Waals surface area contributed by atoms with Gasteiger partial charge in [0.25, 0.3) is 5.91 Å². The molecule has 130 valence electrons. The zero-order valence-electron chi connectivity index (χ0n) is 13.3. The van der Waals surface area contributed by atoms with E-state index >= 15 is 0 Å². The number of imidazole rings is 1. The number of benzene rings is 2. The number of carbonyl (C=O) groups excluding carboxylic acids is 1. The standard InChI is InChI=1S/C19H12F3N3O/c20-19(21,22)14-6-2-4-8-16(14)25-15-7-3-1-5-12(15)13(18(25)26)11-17-23-9-10-24-17/h1-11H,(H,23,24). The van der Waals surface area contributed by atoms with Gasteiger partial charge < -0.3 is 4.98 Å².